The van der Waals surface area contributed by atoms with Crippen LogP contribution in [0.5, 0.6) is 0 Å². The van der Waals surface area contributed by atoms with E-state index in [2.05, 4.69) is 50.2 Å². The minimum absolute atomic E-state index is 0.0249. The Bertz CT molecular complexity index is 2280. The van der Waals surface area contributed by atoms with E-state index >= 15 is 0 Å². The first kappa shape index (κ1) is 48.8. The number of alkyl halides is 6. The number of imidazole rings is 1. The fraction of sp³-hybridized carbons (Fsp3) is 0.455. The molecule has 346 valence electrons. The molecule has 2 saturated carbocycles. The third kappa shape index (κ3) is 13.7. The molecule has 0 aliphatic heterocycles. The molecular weight excluding hydrogens is 853 g/mol. The monoisotopic (exact) mass is 903 g/mol. The molecule has 0 spiro atoms. The highest BCUT2D eigenvalue weighted by Gasteiger charge is 2.38. The molecule has 2 aliphatic rings. The van der Waals surface area contributed by atoms with Crippen molar-refractivity contribution in [2.75, 3.05) is 26.0 Å². The van der Waals surface area contributed by atoms with E-state index in [1.807, 2.05) is 49.4 Å². The van der Waals surface area contributed by atoms with Crippen molar-refractivity contribution in [2.24, 2.45) is 11.8 Å². The Morgan fingerprint density at radius 2 is 1.48 bits per heavy atom. The number of carbonyl (C=O) groups is 5. The molecule has 64 heavy (non-hydrogen) atoms. The Labute approximate surface area is 364 Å². The zero-order valence-corrected chi connectivity index (χ0v) is 35.3. The third-order valence-corrected chi connectivity index (χ3v) is 11.6. The van der Waals surface area contributed by atoms with Gasteiger partial charge in [0.2, 0.25) is 17.6 Å². The number of carbonyl (C=O) groups excluding carboxylic acids is 3. The van der Waals surface area contributed by atoms with Crippen LogP contribution in [0.3, 0.4) is 0 Å². The summed E-state index contributed by atoms with van der Waals surface area (Å²) in [5.74, 6) is -5.08. The summed E-state index contributed by atoms with van der Waals surface area (Å²) in [6, 6.07) is 17.1. The normalized spacial score (nSPS) is 19.5. The van der Waals surface area contributed by atoms with Crippen LogP contribution in [0.25, 0.3) is 22.2 Å². The number of nitrogens with zero attached hydrogens (tertiary/aromatic N) is 2. The number of halogens is 6. The predicted molar refractivity (Wildman–Crippen MR) is 224 cm³/mol. The predicted octanol–water partition coefficient (Wildman–Crippen LogP) is 7.53. The summed E-state index contributed by atoms with van der Waals surface area (Å²) in [6.45, 7) is 2.27. The Morgan fingerprint density at radius 3 is 2.05 bits per heavy atom. The fourth-order valence-electron chi connectivity index (χ4n) is 8.00. The van der Waals surface area contributed by atoms with Crippen LogP contribution in [0.15, 0.2) is 60.7 Å². The van der Waals surface area contributed by atoms with Gasteiger partial charge in [-0.05, 0) is 131 Å². The molecule has 20 heteroatoms. The number of fused-ring (bicyclic) bond motifs is 1. The van der Waals surface area contributed by atoms with Gasteiger partial charge in [0.15, 0.2) is 0 Å². The number of carboxylic acid groups (broad SMARTS) is 2. The number of amides is 4. The van der Waals surface area contributed by atoms with Crippen LogP contribution >= 0.6 is 0 Å². The quantitative estimate of drug-likeness (QED) is 0.0701. The molecule has 14 nitrogen and oxygen atoms in total. The molecule has 0 saturated heterocycles. The van der Waals surface area contributed by atoms with Gasteiger partial charge in [-0.2, -0.15) is 26.3 Å². The van der Waals surface area contributed by atoms with Gasteiger partial charge in [0.05, 0.1) is 11.0 Å². The summed E-state index contributed by atoms with van der Waals surface area (Å²) in [7, 11) is 4.18. The van der Waals surface area contributed by atoms with Gasteiger partial charge < -0.3 is 41.4 Å². The van der Waals surface area contributed by atoms with E-state index in [-0.39, 0.29) is 52.8 Å². The van der Waals surface area contributed by atoms with Gasteiger partial charge in [0, 0.05) is 42.2 Å². The Hall–Kier alpha value is -6.18. The van der Waals surface area contributed by atoms with Gasteiger partial charge >= 0.3 is 24.4 Å². The van der Waals surface area contributed by atoms with Crippen LogP contribution in [0, 0.1) is 18.8 Å². The zero-order chi connectivity index (χ0) is 46.9. The van der Waals surface area contributed by atoms with Gasteiger partial charge in [0.25, 0.3) is 5.91 Å². The summed E-state index contributed by atoms with van der Waals surface area (Å²) in [6.07, 6.45) is -4.31. The molecule has 4 amide bonds. The summed E-state index contributed by atoms with van der Waals surface area (Å²) in [4.78, 5) is 68.4. The lowest BCUT2D eigenvalue weighted by Gasteiger charge is -2.33. The number of nitrogens with one attached hydrogen (secondary N) is 5. The second-order valence-corrected chi connectivity index (χ2v) is 16.4. The number of rotatable bonds is 12. The van der Waals surface area contributed by atoms with Gasteiger partial charge in [-0.3, -0.25) is 14.4 Å². The Morgan fingerprint density at radius 1 is 0.844 bits per heavy atom. The highest BCUT2D eigenvalue weighted by molar-refractivity contribution is 5.99. The molecule has 0 radical (unpaired) electrons. The van der Waals surface area contributed by atoms with E-state index in [0.717, 1.165) is 47.9 Å². The number of aromatic nitrogens is 2. The van der Waals surface area contributed by atoms with Crippen molar-refractivity contribution in [2.45, 2.75) is 95.2 Å². The number of benzene rings is 3. The van der Waals surface area contributed by atoms with Crippen molar-refractivity contribution in [1.82, 2.24) is 30.8 Å². The SMILES string of the molecule is Cc1cc(C(=O)N[C@H]2CC[C@H](N(C)C)CC2)ccc1-c1ccc(C[C@H](NC(=O)C2CCC(CNC(=O)O)CC2)C(=O)Nc2ccc3[nH]c(C(F)(F)F)nc3c2)cc1.O=C(O)C(F)(F)F. The molecular formula is C44H51F6N7O7. The summed E-state index contributed by atoms with van der Waals surface area (Å²) >= 11 is 0. The molecule has 4 aromatic rings. The average Bonchev–Trinajstić information content (AvgIpc) is 3.68. The number of aliphatic carboxylic acids is 1. The third-order valence-electron chi connectivity index (χ3n) is 11.6. The molecule has 2 aliphatic carbocycles. The van der Waals surface area contributed by atoms with Crippen LogP contribution in [-0.2, 0) is 27.0 Å². The highest BCUT2D eigenvalue weighted by atomic mass is 19.4. The van der Waals surface area contributed by atoms with Gasteiger partial charge in [-0.1, -0.05) is 30.3 Å². The molecule has 1 heterocycles. The molecule has 0 bridgehead atoms. The molecule has 1 atom stereocenters. The van der Waals surface area contributed by atoms with Crippen molar-refractivity contribution in [3.63, 3.8) is 0 Å². The Balaban J connectivity index is 0.00000102. The minimum atomic E-state index is -5.08. The number of hydrogen-bond acceptors (Lipinski definition) is 7. The van der Waals surface area contributed by atoms with E-state index in [1.54, 1.807) is 0 Å². The molecule has 7 N–H and O–H groups in total. The van der Waals surface area contributed by atoms with Crippen molar-refractivity contribution >= 4 is 46.5 Å². The maximum atomic E-state index is 13.8. The van der Waals surface area contributed by atoms with Crippen molar-refractivity contribution in [3.8, 4) is 11.1 Å². The summed E-state index contributed by atoms with van der Waals surface area (Å²) in [5, 5.41) is 27.3. The van der Waals surface area contributed by atoms with Crippen molar-refractivity contribution in [1.29, 1.82) is 0 Å². The first-order chi connectivity index (χ1) is 30.1. The van der Waals surface area contributed by atoms with Crippen LogP contribution in [0.1, 0.15) is 78.7 Å². The topological polar surface area (TPSA) is 206 Å². The second kappa shape index (κ2) is 21.0. The lowest BCUT2D eigenvalue weighted by molar-refractivity contribution is -0.192. The largest absolute Gasteiger partial charge is 0.490 e. The van der Waals surface area contributed by atoms with E-state index in [1.165, 1.54) is 18.2 Å². The number of hydrogen-bond donors (Lipinski definition) is 7. The molecule has 6 rings (SSSR count). The lowest BCUT2D eigenvalue weighted by Crippen LogP contribution is -2.48. The van der Waals surface area contributed by atoms with Gasteiger partial charge in [-0.25, -0.2) is 14.6 Å². The maximum absolute atomic E-state index is 13.8. The number of carboxylic acids is 1. The molecule has 2 fully saturated rings. The Kier molecular flexibility index (Phi) is 16.0. The summed E-state index contributed by atoms with van der Waals surface area (Å²) < 4.78 is 71.5. The second-order valence-electron chi connectivity index (χ2n) is 16.4. The van der Waals surface area contributed by atoms with Crippen LogP contribution in [-0.4, -0.2) is 99.8 Å². The van der Waals surface area contributed by atoms with E-state index < -0.39 is 42.2 Å². The first-order valence-corrected chi connectivity index (χ1v) is 20.7. The maximum Gasteiger partial charge on any atom is 0.490 e. The molecule has 0 unspecified atom stereocenters. The smallest absolute Gasteiger partial charge is 0.475 e. The van der Waals surface area contributed by atoms with Crippen molar-refractivity contribution < 1.29 is 60.5 Å². The van der Waals surface area contributed by atoms with Gasteiger partial charge in [-0.15, -0.1) is 0 Å². The minimum Gasteiger partial charge on any atom is -0.475 e. The first-order valence-electron chi connectivity index (χ1n) is 20.7. The standard InChI is InChI=1S/C42H50F3N7O5.C2HF3O2/c1-24-20-29(38(54)47-30-13-16-32(17-14-30)52(2)3)12-18-33(24)27-8-4-25(5-9-27)21-36(49-37(53)28-10-6-26(7-11-28)23-46-41(56)57)39(55)48-31-15-19-34-35(22-31)51-40(50-34)42(43,44)45;3-2(4,5)1(6)7/h4-5,8-9,12,15,18-20,22,26,28,30,32,36,46H,6-7,10-11,13-14,16-17,21,23H2,1-3H3,(H,47,54)(H,48,55)(H,49,53)(H,50,51)(H,56,57);(H,6,7)/t26?,28?,30-,32-,36-;/m0./s1. The number of aromatic amines is 1. The van der Waals surface area contributed by atoms with Crippen LogP contribution in [0.4, 0.5) is 36.8 Å². The van der Waals surface area contributed by atoms with E-state index in [9.17, 15) is 45.5 Å². The van der Waals surface area contributed by atoms with E-state index in [4.69, 9.17) is 15.0 Å². The van der Waals surface area contributed by atoms with E-state index in [0.29, 0.717) is 43.8 Å². The number of H-pyrrole nitrogens is 1. The number of anilines is 1. The summed E-state index contributed by atoms with van der Waals surface area (Å²) in [5.41, 5.74) is 4.56. The van der Waals surface area contributed by atoms with Crippen LogP contribution in [0.2, 0.25) is 0 Å². The number of aryl methyl sites for hydroxylation is 1. The fourth-order valence-corrected chi connectivity index (χ4v) is 8.00. The highest BCUT2D eigenvalue weighted by Crippen LogP contribution is 2.31. The zero-order valence-electron chi connectivity index (χ0n) is 35.3. The lowest BCUT2D eigenvalue weighted by atomic mass is 9.81. The average molecular weight is 904 g/mol. The van der Waals surface area contributed by atoms with Gasteiger partial charge in [0.1, 0.15) is 6.04 Å². The van der Waals surface area contributed by atoms with Crippen molar-refractivity contribution in [3.05, 3.63) is 83.2 Å². The molecule has 3 aromatic carbocycles. The molecule has 1 aromatic heterocycles. The van der Waals surface area contributed by atoms with Crippen LogP contribution < -0.4 is 21.3 Å².